The van der Waals surface area contributed by atoms with Crippen LogP contribution in [0.5, 0.6) is 5.75 Å². The summed E-state index contributed by atoms with van der Waals surface area (Å²) in [6, 6.07) is 4.36. The molecule has 0 aliphatic heterocycles. The molecule has 15 heavy (non-hydrogen) atoms. The van der Waals surface area contributed by atoms with Gasteiger partial charge in [-0.2, -0.15) is 0 Å². The van der Waals surface area contributed by atoms with Crippen LogP contribution >= 0.6 is 11.6 Å². The Kier molecular flexibility index (Phi) is 3.74. The zero-order valence-corrected chi connectivity index (χ0v) is 9.14. The maximum atomic E-state index is 11.5. The average molecular weight is 226 g/mol. The number of phenolic OH excluding ortho intramolecular Hbond substituents is 1. The average Bonchev–Trinajstić information content (AvgIpc) is 2.14. The second-order valence-corrected chi connectivity index (χ2v) is 3.74. The van der Waals surface area contributed by atoms with Crippen molar-refractivity contribution >= 4 is 17.5 Å². The fraction of sp³-hybridized carbons (Fsp3) is 0.182. The van der Waals surface area contributed by atoms with E-state index < -0.39 is 0 Å². The quantitative estimate of drug-likeness (QED) is 0.776. The first-order valence-corrected chi connectivity index (χ1v) is 4.79. The maximum Gasteiger partial charge on any atom is 0.255 e. The predicted octanol–water partition coefficient (Wildman–Crippen LogP) is 2.35. The number of halogens is 1. The van der Waals surface area contributed by atoms with E-state index in [2.05, 4.69) is 11.9 Å². The molecule has 0 spiro atoms. The number of nitrogens with one attached hydrogen (secondary N) is 1. The molecule has 0 saturated heterocycles. The first-order valence-electron chi connectivity index (χ1n) is 4.42. The van der Waals surface area contributed by atoms with Crippen LogP contribution in [-0.2, 0) is 0 Å². The van der Waals surface area contributed by atoms with Crippen molar-refractivity contribution in [3.63, 3.8) is 0 Å². The van der Waals surface area contributed by atoms with E-state index in [1.165, 1.54) is 12.1 Å². The molecule has 0 fully saturated rings. The van der Waals surface area contributed by atoms with E-state index in [1.54, 1.807) is 6.07 Å². The lowest BCUT2D eigenvalue weighted by molar-refractivity contribution is 0.0954. The number of amides is 1. The van der Waals surface area contributed by atoms with Crippen molar-refractivity contribution in [2.75, 3.05) is 6.54 Å². The number of benzene rings is 1. The third kappa shape index (κ3) is 3.29. The highest BCUT2D eigenvalue weighted by Gasteiger charge is 2.10. The van der Waals surface area contributed by atoms with E-state index >= 15 is 0 Å². The first-order chi connectivity index (χ1) is 7.00. The Morgan fingerprint density at radius 3 is 2.80 bits per heavy atom. The highest BCUT2D eigenvalue weighted by Crippen LogP contribution is 2.21. The second kappa shape index (κ2) is 4.84. The van der Waals surface area contributed by atoms with E-state index in [4.69, 9.17) is 11.6 Å². The SMILES string of the molecule is C=C(C)CNC(=O)c1ccc(Cl)cc1O. The zero-order chi connectivity index (χ0) is 11.4. The topological polar surface area (TPSA) is 49.3 Å². The molecule has 0 atom stereocenters. The highest BCUT2D eigenvalue weighted by atomic mass is 35.5. The second-order valence-electron chi connectivity index (χ2n) is 3.30. The third-order valence-corrected chi connectivity index (χ3v) is 1.99. The Balaban J connectivity index is 2.78. The van der Waals surface area contributed by atoms with Crippen LogP contribution in [0.2, 0.25) is 5.02 Å². The van der Waals surface area contributed by atoms with Crippen molar-refractivity contribution in [3.8, 4) is 5.75 Å². The molecule has 0 saturated carbocycles. The van der Waals surface area contributed by atoms with Gasteiger partial charge >= 0.3 is 0 Å². The van der Waals surface area contributed by atoms with Gasteiger partial charge in [0.05, 0.1) is 5.56 Å². The molecule has 0 heterocycles. The van der Waals surface area contributed by atoms with Crippen LogP contribution < -0.4 is 5.32 Å². The van der Waals surface area contributed by atoms with Gasteiger partial charge in [0.15, 0.2) is 0 Å². The number of phenols is 1. The summed E-state index contributed by atoms with van der Waals surface area (Å²) in [7, 11) is 0. The third-order valence-electron chi connectivity index (χ3n) is 1.76. The van der Waals surface area contributed by atoms with E-state index in [9.17, 15) is 9.90 Å². The molecule has 0 aromatic heterocycles. The monoisotopic (exact) mass is 225 g/mol. The largest absolute Gasteiger partial charge is 0.507 e. The summed E-state index contributed by atoms with van der Waals surface area (Å²) in [5, 5.41) is 12.5. The van der Waals surface area contributed by atoms with Crippen LogP contribution in [0.25, 0.3) is 0 Å². The Labute approximate surface area is 93.4 Å². The van der Waals surface area contributed by atoms with Crippen LogP contribution in [0.1, 0.15) is 17.3 Å². The molecule has 1 aromatic rings. The van der Waals surface area contributed by atoms with Gasteiger partial charge in [-0.3, -0.25) is 4.79 Å². The van der Waals surface area contributed by atoms with Gasteiger partial charge in [-0.15, -0.1) is 0 Å². The Bertz CT molecular complexity index is 402. The number of carbonyl (C=O) groups is 1. The predicted molar refractivity (Wildman–Crippen MR) is 60.3 cm³/mol. The van der Waals surface area contributed by atoms with Gasteiger partial charge in [-0.25, -0.2) is 0 Å². The lowest BCUT2D eigenvalue weighted by Gasteiger charge is -2.06. The molecule has 0 aliphatic rings. The van der Waals surface area contributed by atoms with Gasteiger partial charge in [0.1, 0.15) is 5.75 Å². The smallest absolute Gasteiger partial charge is 0.255 e. The number of aromatic hydroxyl groups is 1. The van der Waals surface area contributed by atoms with Gasteiger partial charge < -0.3 is 10.4 Å². The molecule has 3 nitrogen and oxygen atoms in total. The highest BCUT2D eigenvalue weighted by molar-refractivity contribution is 6.30. The molecule has 2 N–H and O–H groups in total. The van der Waals surface area contributed by atoms with Crippen LogP contribution in [0.3, 0.4) is 0 Å². The molecular formula is C11H12ClNO2. The molecule has 0 radical (unpaired) electrons. The Morgan fingerprint density at radius 1 is 1.60 bits per heavy atom. The normalized spacial score (nSPS) is 9.73. The summed E-state index contributed by atoms with van der Waals surface area (Å²) in [5.41, 5.74) is 1.05. The fourth-order valence-electron chi connectivity index (χ4n) is 1.02. The van der Waals surface area contributed by atoms with Crippen LogP contribution in [0, 0.1) is 0 Å². The standard InChI is InChI=1S/C11H12ClNO2/c1-7(2)6-13-11(15)9-4-3-8(12)5-10(9)14/h3-5,14H,1,6H2,2H3,(H,13,15). The number of rotatable bonds is 3. The van der Waals surface area contributed by atoms with Crippen molar-refractivity contribution in [1.82, 2.24) is 5.32 Å². The van der Waals surface area contributed by atoms with Gasteiger partial charge in [0.2, 0.25) is 0 Å². The minimum absolute atomic E-state index is 0.123. The first kappa shape index (κ1) is 11.6. The van der Waals surface area contributed by atoms with Crippen LogP contribution in [0.15, 0.2) is 30.4 Å². The van der Waals surface area contributed by atoms with Crippen LogP contribution in [-0.4, -0.2) is 17.6 Å². The Hall–Kier alpha value is -1.48. The lowest BCUT2D eigenvalue weighted by Crippen LogP contribution is -2.24. The van der Waals surface area contributed by atoms with Crippen molar-refractivity contribution in [2.24, 2.45) is 0 Å². The molecule has 0 aliphatic carbocycles. The van der Waals surface area contributed by atoms with E-state index in [-0.39, 0.29) is 17.2 Å². The molecule has 0 bridgehead atoms. The van der Waals surface area contributed by atoms with E-state index in [1.807, 2.05) is 6.92 Å². The summed E-state index contributed by atoms with van der Waals surface area (Å²) in [4.78, 5) is 11.5. The van der Waals surface area contributed by atoms with Gasteiger partial charge in [-0.1, -0.05) is 23.8 Å². The van der Waals surface area contributed by atoms with Gasteiger partial charge in [0, 0.05) is 11.6 Å². The molecule has 1 aromatic carbocycles. The minimum atomic E-state index is -0.341. The van der Waals surface area contributed by atoms with Crippen molar-refractivity contribution in [3.05, 3.63) is 40.9 Å². The maximum absolute atomic E-state index is 11.5. The molecule has 0 unspecified atom stereocenters. The van der Waals surface area contributed by atoms with Crippen molar-refractivity contribution in [2.45, 2.75) is 6.92 Å². The van der Waals surface area contributed by atoms with Crippen molar-refractivity contribution in [1.29, 1.82) is 0 Å². The molecule has 80 valence electrons. The van der Waals surface area contributed by atoms with E-state index in [0.29, 0.717) is 11.6 Å². The summed E-state index contributed by atoms with van der Waals surface area (Å²) in [6.07, 6.45) is 0. The van der Waals surface area contributed by atoms with Crippen molar-refractivity contribution < 1.29 is 9.90 Å². The summed E-state index contributed by atoms with van der Waals surface area (Å²) in [5.74, 6) is -0.464. The van der Waals surface area contributed by atoms with Gasteiger partial charge in [-0.05, 0) is 25.1 Å². The zero-order valence-electron chi connectivity index (χ0n) is 8.38. The summed E-state index contributed by atoms with van der Waals surface area (Å²) in [6.45, 7) is 5.86. The lowest BCUT2D eigenvalue weighted by atomic mass is 10.2. The molecule has 1 rings (SSSR count). The molecular weight excluding hydrogens is 214 g/mol. The summed E-state index contributed by atoms with van der Waals surface area (Å²) < 4.78 is 0. The minimum Gasteiger partial charge on any atom is -0.507 e. The van der Waals surface area contributed by atoms with Crippen LogP contribution in [0.4, 0.5) is 0 Å². The Morgan fingerprint density at radius 2 is 2.27 bits per heavy atom. The number of hydrogen-bond donors (Lipinski definition) is 2. The van der Waals surface area contributed by atoms with Gasteiger partial charge in [0.25, 0.3) is 5.91 Å². The number of hydrogen-bond acceptors (Lipinski definition) is 2. The molecule has 4 heteroatoms. The fourth-order valence-corrected chi connectivity index (χ4v) is 1.19. The molecule has 1 amide bonds. The van der Waals surface area contributed by atoms with E-state index in [0.717, 1.165) is 5.57 Å². The summed E-state index contributed by atoms with van der Waals surface area (Å²) >= 11 is 5.64. The number of carbonyl (C=O) groups excluding carboxylic acids is 1.